The first kappa shape index (κ1) is 15.4. The number of carboxylic acids is 2. The number of carboxylic acid groups (broad SMARTS) is 2. The molecule has 0 aliphatic rings. The molecule has 0 saturated carbocycles. The molecular weight excluding hydrogens is 186 g/mol. The summed E-state index contributed by atoms with van der Waals surface area (Å²) in [6.45, 7) is 6.44. The van der Waals surface area contributed by atoms with Crippen molar-refractivity contribution in [3.8, 4) is 0 Å². The van der Waals surface area contributed by atoms with Crippen LogP contribution in [0, 0.1) is 0 Å². The third-order valence-electron chi connectivity index (χ3n) is 2.30. The van der Waals surface area contributed by atoms with Gasteiger partial charge in [-0.3, -0.25) is 0 Å². The van der Waals surface area contributed by atoms with Crippen LogP contribution < -0.4 is 5.73 Å². The molecule has 4 N–H and O–H groups in total. The Morgan fingerprint density at radius 1 is 1.00 bits per heavy atom. The van der Waals surface area contributed by atoms with Crippen molar-refractivity contribution in [2.45, 2.75) is 45.6 Å². The predicted octanol–water partition coefficient (Wildman–Crippen LogP) is 1.07. The van der Waals surface area contributed by atoms with Crippen LogP contribution in [0.5, 0.6) is 0 Å². The zero-order valence-corrected chi connectivity index (χ0v) is 8.91. The van der Waals surface area contributed by atoms with Gasteiger partial charge in [-0.15, -0.1) is 0 Å². The van der Waals surface area contributed by atoms with E-state index in [1.165, 1.54) is 0 Å². The van der Waals surface area contributed by atoms with Crippen molar-refractivity contribution >= 4 is 11.9 Å². The van der Waals surface area contributed by atoms with Gasteiger partial charge in [-0.2, -0.15) is 0 Å². The Bertz CT molecular complexity index is 167. The normalized spacial score (nSPS) is 10.0. The van der Waals surface area contributed by atoms with Crippen molar-refractivity contribution in [1.29, 1.82) is 0 Å². The topological polar surface area (TPSA) is 101 Å². The van der Waals surface area contributed by atoms with E-state index in [-0.39, 0.29) is 5.54 Å². The second-order valence-corrected chi connectivity index (χ2v) is 3.03. The quantitative estimate of drug-likeness (QED) is 0.598. The van der Waals surface area contributed by atoms with E-state index in [0.717, 1.165) is 19.3 Å². The van der Waals surface area contributed by atoms with Gasteiger partial charge in [0.05, 0.1) is 0 Å². The molecule has 5 heteroatoms. The van der Waals surface area contributed by atoms with E-state index >= 15 is 0 Å². The lowest BCUT2D eigenvalue weighted by Gasteiger charge is -2.23. The number of rotatable bonds is 3. The molecule has 0 unspecified atom stereocenters. The van der Waals surface area contributed by atoms with Gasteiger partial charge in [-0.25, -0.2) is 9.59 Å². The number of hydrogen-bond acceptors (Lipinski definition) is 3. The highest BCUT2D eigenvalue weighted by atomic mass is 16.4. The minimum Gasteiger partial charge on any atom is -0.473 e. The predicted molar refractivity (Wildman–Crippen MR) is 53.1 cm³/mol. The van der Waals surface area contributed by atoms with Gasteiger partial charge >= 0.3 is 11.9 Å². The van der Waals surface area contributed by atoms with Gasteiger partial charge in [-0.05, 0) is 19.3 Å². The Kier molecular flexibility index (Phi) is 8.04. The van der Waals surface area contributed by atoms with Crippen molar-refractivity contribution in [3.05, 3.63) is 0 Å². The molecule has 0 bridgehead atoms. The van der Waals surface area contributed by atoms with Gasteiger partial charge < -0.3 is 15.9 Å². The standard InChI is InChI=1S/C7H17N.C2H2O4/c1-4-7(8,5-2)6-3;3-1(4)2(5)6/h4-6,8H2,1-3H3;(H,3,4)(H,5,6). The molecule has 0 aromatic carbocycles. The van der Waals surface area contributed by atoms with Crippen molar-refractivity contribution in [1.82, 2.24) is 0 Å². The molecule has 0 saturated heterocycles. The Labute approximate surface area is 83.9 Å². The molecule has 0 atom stereocenters. The molecule has 0 spiro atoms. The highest BCUT2D eigenvalue weighted by Crippen LogP contribution is 2.14. The van der Waals surface area contributed by atoms with E-state index in [1.807, 2.05) is 0 Å². The maximum Gasteiger partial charge on any atom is 0.414 e. The monoisotopic (exact) mass is 205 g/mol. The second kappa shape index (κ2) is 7.32. The largest absolute Gasteiger partial charge is 0.473 e. The molecule has 0 radical (unpaired) electrons. The van der Waals surface area contributed by atoms with Gasteiger partial charge in [0, 0.05) is 5.54 Å². The molecule has 0 aromatic heterocycles. The first-order valence-corrected chi connectivity index (χ1v) is 4.58. The van der Waals surface area contributed by atoms with Crippen molar-refractivity contribution in [3.63, 3.8) is 0 Å². The molecule has 0 heterocycles. The highest BCUT2D eigenvalue weighted by Gasteiger charge is 2.15. The SMILES string of the molecule is CCC(N)(CC)CC.O=C(O)C(=O)O. The van der Waals surface area contributed by atoms with E-state index in [4.69, 9.17) is 25.5 Å². The molecule has 0 aliphatic heterocycles. The first-order chi connectivity index (χ1) is 6.32. The van der Waals surface area contributed by atoms with Crippen LogP contribution in [0.1, 0.15) is 40.0 Å². The van der Waals surface area contributed by atoms with Gasteiger partial charge in [0.15, 0.2) is 0 Å². The smallest absolute Gasteiger partial charge is 0.414 e. The Morgan fingerprint density at radius 2 is 1.21 bits per heavy atom. The average Bonchev–Trinajstić information content (AvgIpc) is 2.17. The molecule has 0 aliphatic carbocycles. The average molecular weight is 205 g/mol. The van der Waals surface area contributed by atoms with Crippen LogP contribution in [0.2, 0.25) is 0 Å². The van der Waals surface area contributed by atoms with Crippen molar-refractivity contribution < 1.29 is 19.8 Å². The third-order valence-corrected chi connectivity index (χ3v) is 2.30. The maximum atomic E-state index is 9.10. The summed E-state index contributed by atoms with van der Waals surface area (Å²) in [5.41, 5.74) is 6.02. The van der Waals surface area contributed by atoms with Gasteiger partial charge in [0.1, 0.15) is 0 Å². The highest BCUT2D eigenvalue weighted by molar-refractivity contribution is 6.27. The molecule has 0 amide bonds. The van der Waals surface area contributed by atoms with Crippen LogP contribution in [0.4, 0.5) is 0 Å². The number of nitrogens with two attached hydrogens (primary N) is 1. The van der Waals surface area contributed by atoms with Gasteiger partial charge in [0.25, 0.3) is 0 Å². The zero-order chi connectivity index (χ0) is 11.8. The van der Waals surface area contributed by atoms with Crippen molar-refractivity contribution in [2.75, 3.05) is 0 Å². The van der Waals surface area contributed by atoms with E-state index in [2.05, 4.69) is 20.8 Å². The Morgan fingerprint density at radius 3 is 1.21 bits per heavy atom. The molecule has 84 valence electrons. The van der Waals surface area contributed by atoms with Crippen LogP contribution in [-0.2, 0) is 9.59 Å². The van der Waals surface area contributed by atoms with Gasteiger partial charge in [-0.1, -0.05) is 20.8 Å². The van der Waals surface area contributed by atoms with E-state index in [0.29, 0.717) is 0 Å². The fraction of sp³-hybridized carbons (Fsp3) is 0.778. The van der Waals surface area contributed by atoms with Crippen LogP contribution in [0.15, 0.2) is 0 Å². The summed E-state index contributed by atoms with van der Waals surface area (Å²) in [5.74, 6) is -3.65. The van der Waals surface area contributed by atoms with E-state index < -0.39 is 11.9 Å². The van der Waals surface area contributed by atoms with E-state index in [9.17, 15) is 0 Å². The Hall–Kier alpha value is -1.10. The lowest BCUT2D eigenvalue weighted by atomic mass is 9.92. The van der Waals surface area contributed by atoms with Crippen LogP contribution in [0.3, 0.4) is 0 Å². The molecular formula is C9H19NO4. The first-order valence-electron chi connectivity index (χ1n) is 4.58. The second-order valence-electron chi connectivity index (χ2n) is 3.03. The van der Waals surface area contributed by atoms with Crippen LogP contribution in [-0.4, -0.2) is 27.7 Å². The van der Waals surface area contributed by atoms with Crippen LogP contribution in [0.25, 0.3) is 0 Å². The Balaban J connectivity index is 0. The fourth-order valence-electron chi connectivity index (χ4n) is 0.750. The van der Waals surface area contributed by atoms with Crippen LogP contribution >= 0.6 is 0 Å². The summed E-state index contributed by atoms with van der Waals surface area (Å²) in [7, 11) is 0. The minimum atomic E-state index is -1.82. The van der Waals surface area contributed by atoms with Gasteiger partial charge in [0.2, 0.25) is 0 Å². The lowest BCUT2D eigenvalue weighted by molar-refractivity contribution is -0.159. The molecule has 0 aromatic rings. The molecule has 0 rings (SSSR count). The molecule has 5 nitrogen and oxygen atoms in total. The van der Waals surface area contributed by atoms with Crippen molar-refractivity contribution in [2.24, 2.45) is 5.73 Å². The summed E-state index contributed by atoms with van der Waals surface area (Å²) in [4.78, 5) is 18.2. The summed E-state index contributed by atoms with van der Waals surface area (Å²) in [5, 5.41) is 14.8. The summed E-state index contributed by atoms with van der Waals surface area (Å²) in [6, 6.07) is 0. The van der Waals surface area contributed by atoms with E-state index in [1.54, 1.807) is 0 Å². The number of aliphatic carboxylic acids is 2. The lowest BCUT2D eigenvalue weighted by Crippen LogP contribution is -2.37. The molecule has 0 fully saturated rings. The number of hydrogen-bond donors (Lipinski definition) is 3. The maximum absolute atomic E-state index is 9.10. The summed E-state index contributed by atoms with van der Waals surface area (Å²) in [6.07, 6.45) is 3.29. The summed E-state index contributed by atoms with van der Waals surface area (Å²) < 4.78 is 0. The zero-order valence-electron chi connectivity index (χ0n) is 8.91. The minimum absolute atomic E-state index is 0.125. The summed E-state index contributed by atoms with van der Waals surface area (Å²) >= 11 is 0. The number of carbonyl (C=O) groups is 2. The third kappa shape index (κ3) is 7.54. The fourth-order valence-corrected chi connectivity index (χ4v) is 0.750. The molecule has 14 heavy (non-hydrogen) atoms.